The lowest BCUT2D eigenvalue weighted by Gasteiger charge is -2.14. The van der Waals surface area contributed by atoms with Crippen LogP contribution in [0.4, 0.5) is 0 Å². The predicted molar refractivity (Wildman–Crippen MR) is 164 cm³/mol. The van der Waals surface area contributed by atoms with Crippen molar-refractivity contribution >= 4 is 11.4 Å². The van der Waals surface area contributed by atoms with Crippen molar-refractivity contribution in [3.63, 3.8) is 0 Å². The molecule has 0 bridgehead atoms. The summed E-state index contributed by atoms with van der Waals surface area (Å²) in [6.45, 7) is 6.56. The van der Waals surface area contributed by atoms with Crippen molar-refractivity contribution in [1.29, 1.82) is 0 Å². The van der Waals surface area contributed by atoms with Gasteiger partial charge in [-0.3, -0.25) is 0 Å². The van der Waals surface area contributed by atoms with E-state index in [1.807, 2.05) is 0 Å². The van der Waals surface area contributed by atoms with E-state index in [-0.39, 0.29) is 0 Å². The number of hydrogen-bond acceptors (Lipinski definition) is 0. The molecule has 202 valence electrons. The van der Waals surface area contributed by atoms with E-state index in [4.69, 9.17) is 0 Å². The van der Waals surface area contributed by atoms with Gasteiger partial charge in [0, 0.05) is 12.8 Å². The molecular formula is C36H48N2. The van der Waals surface area contributed by atoms with E-state index in [2.05, 4.69) is 97.9 Å². The second-order valence-corrected chi connectivity index (χ2v) is 10.4. The molecule has 0 aliphatic heterocycles. The van der Waals surface area contributed by atoms with Crippen molar-refractivity contribution < 1.29 is 4.79 Å². The van der Waals surface area contributed by atoms with Gasteiger partial charge in [-0.15, -0.1) is 16.6 Å². The average Bonchev–Trinajstić information content (AvgIpc) is 2.93. The summed E-state index contributed by atoms with van der Waals surface area (Å²) >= 11 is 0. The zero-order valence-corrected chi connectivity index (χ0v) is 24.2. The van der Waals surface area contributed by atoms with E-state index in [9.17, 15) is 5.53 Å². The molecule has 0 saturated carbocycles. The van der Waals surface area contributed by atoms with Crippen LogP contribution in [0.2, 0.25) is 0 Å². The summed E-state index contributed by atoms with van der Waals surface area (Å²) < 4.78 is 0. The minimum absolute atomic E-state index is 0.836. The molecule has 0 unspecified atom stereocenters. The van der Waals surface area contributed by atoms with Gasteiger partial charge in [-0.25, -0.2) is 0 Å². The van der Waals surface area contributed by atoms with Gasteiger partial charge in [0.25, 0.3) is 0 Å². The van der Waals surface area contributed by atoms with Gasteiger partial charge in [0.15, 0.2) is 0 Å². The molecule has 2 rings (SSSR count). The minimum Gasteiger partial charge on any atom is -0.348 e. The zero-order valence-electron chi connectivity index (χ0n) is 24.2. The normalized spacial score (nSPS) is 10.9. The number of hydrogen-bond donors (Lipinski definition) is 0. The maximum absolute atomic E-state index is 9.22. The molecule has 2 nitrogen and oxygen atoms in total. The molecule has 2 aromatic carbocycles. The van der Waals surface area contributed by atoms with Gasteiger partial charge in [-0.2, -0.15) is 0 Å². The highest BCUT2D eigenvalue weighted by atomic mass is 14.8. The number of aryl methyl sites for hydroxylation is 2. The molecule has 2 aromatic rings. The molecule has 0 amide bonds. The number of allylic oxidation sites excluding steroid dienone is 2. The molecule has 2 heteroatoms. The number of rotatable bonds is 17. The Hall–Kier alpha value is -3.10. The Balaban J connectivity index is 2.04. The second-order valence-electron chi connectivity index (χ2n) is 10.4. The summed E-state index contributed by atoms with van der Waals surface area (Å²) in [5, 5.41) is 0. The summed E-state index contributed by atoms with van der Waals surface area (Å²) in [7, 11) is 0. The van der Waals surface area contributed by atoms with E-state index < -0.39 is 0 Å². The lowest BCUT2D eigenvalue weighted by atomic mass is 9.89. The molecular weight excluding hydrogens is 460 g/mol. The minimum atomic E-state index is 0.836. The fourth-order valence-electron chi connectivity index (χ4n) is 4.71. The lowest BCUT2D eigenvalue weighted by Crippen LogP contribution is -1.97. The molecule has 0 N–H and O–H groups in total. The van der Waals surface area contributed by atoms with Gasteiger partial charge < -0.3 is 5.53 Å². The molecule has 0 saturated heterocycles. The van der Waals surface area contributed by atoms with Crippen molar-refractivity contribution in [3.05, 3.63) is 88.0 Å². The van der Waals surface area contributed by atoms with Crippen molar-refractivity contribution in [3.8, 4) is 11.8 Å². The smallest absolute Gasteiger partial charge is 0.303 e. The summed E-state index contributed by atoms with van der Waals surface area (Å²) in [6.07, 6.45) is 20.1. The van der Waals surface area contributed by atoms with Crippen molar-refractivity contribution in [2.75, 3.05) is 0 Å². The van der Waals surface area contributed by atoms with Gasteiger partial charge in [0.1, 0.15) is 0 Å². The number of benzene rings is 2. The Morgan fingerprint density at radius 3 is 2.08 bits per heavy atom. The summed E-state index contributed by atoms with van der Waals surface area (Å²) in [6, 6.07) is 17.3. The third-order valence-corrected chi connectivity index (χ3v) is 7.03. The van der Waals surface area contributed by atoms with Crippen molar-refractivity contribution in [2.24, 2.45) is 0 Å². The van der Waals surface area contributed by atoms with Gasteiger partial charge in [0.2, 0.25) is 0 Å². The van der Waals surface area contributed by atoms with E-state index in [1.54, 1.807) is 0 Å². The topological polar surface area (TPSA) is 36.4 Å². The quantitative estimate of drug-likeness (QED) is 0.0509. The van der Waals surface area contributed by atoms with Crippen molar-refractivity contribution in [2.45, 2.75) is 117 Å². The number of unbranched alkanes of at least 4 members (excludes halogenated alkanes) is 10. The van der Waals surface area contributed by atoms with Crippen LogP contribution in [0.1, 0.15) is 126 Å². The SMILES string of the molecule is CCCCCCCCCCCC#CCCc1ccccc1C(=CC(=C=[N+]=[N-])CCCC)c1ccc(C)cc1. The van der Waals surface area contributed by atoms with E-state index in [1.165, 1.54) is 74.5 Å². The van der Waals surface area contributed by atoms with Crippen LogP contribution in [0.15, 0.2) is 60.2 Å². The summed E-state index contributed by atoms with van der Waals surface area (Å²) in [5.41, 5.74) is 16.2. The Morgan fingerprint density at radius 1 is 0.763 bits per heavy atom. The first kappa shape index (κ1) is 31.1. The van der Waals surface area contributed by atoms with Crippen LogP contribution in [0.25, 0.3) is 11.1 Å². The highest BCUT2D eigenvalue weighted by molar-refractivity contribution is 5.84. The third-order valence-electron chi connectivity index (χ3n) is 7.03. The fraction of sp³-hybridized carbons (Fsp3) is 0.500. The molecule has 38 heavy (non-hydrogen) atoms. The van der Waals surface area contributed by atoms with Crippen LogP contribution < -0.4 is 0 Å². The van der Waals surface area contributed by atoms with Crippen LogP contribution in [-0.4, -0.2) is 10.7 Å². The van der Waals surface area contributed by atoms with Crippen LogP contribution in [0.5, 0.6) is 0 Å². The third kappa shape index (κ3) is 12.4. The first-order valence-electron chi connectivity index (χ1n) is 15.0. The molecule has 0 aliphatic rings. The van der Waals surface area contributed by atoms with Crippen LogP contribution in [0.3, 0.4) is 0 Å². The van der Waals surface area contributed by atoms with Crippen LogP contribution >= 0.6 is 0 Å². The second kappa shape index (κ2) is 19.9. The maximum atomic E-state index is 9.22. The summed E-state index contributed by atoms with van der Waals surface area (Å²) in [4.78, 5) is 3.23. The van der Waals surface area contributed by atoms with E-state index in [0.717, 1.165) is 55.2 Å². The molecule has 0 heterocycles. The predicted octanol–water partition coefficient (Wildman–Crippen LogP) is 10.3. The van der Waals surface area contributed by atoms with Gasteiger partial charge in [0.05, 0.1) is 5.57 Å². The average molecular weight is 509 g/mol. The summed E-state index contributed by atoms with van der Waals surface area (Å²) in [5.74, 6) is 9.65. The standard InChI is InChI=1S/C36H48N2/c1-4-6-8-9-10-11-12-13-14-15-16-17-18-22-33-23-19-20-24-35(33)36(34-27-25-31(3)26-28-34)29-32(30-38-37)21-7-5-2/h19-20,23-29H,4-15,18,21-22H2,1-3H3. The number of nitrogens with zero attached hydrogens (tertiary/aromatic N) is 2. The molecule has 0 radical (unpaired) electrons. The first-order valence-corrected chi connectivity index (χ1v) is 15.0. The molecule has 0 fully saturated rings. The zero-order chi connectivity index (χ0) is 27.3. The molecule has 0 aromatic heterocycles. The van der Waals surface area contributed by atoms with Crippen LogP contribution in [0, 0.1) is 18.8 Å². The molecule has 0 aliphatic carbocycles. The van der Waals surface area contributed by atoms with Gasteiger partial charge >= 0.3 is 5.87 Å². The monoisotopic (exact) mass is 508 g/mol. The highest BCUT2D eigenvalue weighted by Crippen LogP contribution is 2.29. The van der Waals surface area contributed by atoms with Gasteiger partial charge in [-0.1, -0.05) is 126 Å². The van der Waals surface area contributed by atoms with E-state index >= 15 is 0 Å². The Labute approximate surface area is 232 Å². The fourth-order valence-corrected chi connectivity index (χ4v) is 4.71. The highest BCUT2D eigenvalue weighted by Gasteiger charge is 2.12. The first-order chi connectivity index (χ1) is 18.7. The largest absolute Gasteiger partial charge is 0.348 e. The maximum Gasteiger partial charge on any atom is 0.303 e. The van der Waals surface area contributed by atoms with Gasteiger partial charge in [-0.05, 0) is 60.9 Å². The lowest BCUT2D eigenvalue weighted by molar-refractivity contribution is 0.00746. The molecule has 0 atom stereocenters. The molecule has 0 spiro atoms. The van der Waals surface area contributed by atoms with Crippen LogP contribution in [-0.2, 0) is 6.42 Å². The Morgan fingerprint density at radius 2 is 1.39 bits per heavy atom. The Bertz CT molecular complexity index is 1110. The Kier molecular flexibility index (Phi) is 16.3. The van der Waals surface area contributed by atoms with Crippen molar-refractivity contribution in [1.82, 2.24) is 0 Å². The van der Waals surface area contributed by atoms with E-state index in [0.29, 0.717) is 0 Å².